The molecule has 3 nitrogen and oxygen atoms in total. The third-order valence-corrected chi connectivity index (χ3v) is 3.18. The van der Waals surface area contributed by atoms with Gasteiger partial charge in [0.1, 0.15) is 6.04 Å². The van der Waals surface area contributed by atoms with Crippen LogP contribution in [0.15, 0.2) is 24.3 Å². The first-order valence-electron chi connectivity index (χ1n) is 6.63. The summed E-state index contributed by atoms with van der Waals surface area (Å²) in [5.74, 6) is 0. The van der Waals surface area contributed by atoms with Crippen LogP contribution < -0.4 is 5.32 Å². The average Bonchev–Trinajstić information content (AvgIpc) is 2.39. The van der Waals surface area contributed by atoms with Crippen molar-refractivity contribution in [2.24, 2.45) is 0 Å². The van der Waals surface area contributed by atoms with Crippen LogP contribution in [0.1, 0.15) is 31.0 Å². The molecule has 0 aliphatic rings. The number of likely N-dealkylation sites (N-methyl/N-ethyl adjacent to an activating group) is 1. The van der Waals surface area contributed by atoms with Crippen molar-refractivity contribution < 1.29 is 0 Å². The van der Waals surface area contributed by atoms with E-state index >= 15 is 0 Å². The van der Waals surface area contributed by atoms with E-state index in [4.69, 9.17) is 0 Å². The summed E-state index contributed by atoms with van der Waals surface area (Å²) in [4.78, 5) is 2.34. The molecule has 1 aromatic carbocycles. The van der Waals surface area contributed by atoms with E-state index in [2.05, 4.69) is 36.2 Å². The summed E-state index contributed by atoms with van der Waals surface area (Å²) in [6.07, 6.45) is 0. The Morgan fingerprint density at radius 3 is 2.61 bits per heavy atom. The van der Waals surface area contributed by atoms with Crippen molar-refractivity contribution in [2.75, 3.05) is 26.2 Å². The monoisotopic (exact) mass is 245 g/mol. The molecule has 0 radical (unpaired) electrons. The van der Waals surface area contributed by atoms with Gasteiger partial charge in [-0.2, -0.15) is 5.26 Å². The lowest BCUT2D eigenvalue weighted by atomic mass is 10.1. The Morgan fingerprint density at radius 1 is 1.33 bits per heavy atom. The summed E-state index contributed by atoms with van der Waals surface area (Å²) in [6.45, 7) is 10.3. The van der Waals surface area contributed by atoms with E-state index in [1.165, 1.54) is 5.56 Å². The van der Waals surface area contributed by atoms with Crippen molar-refractivity contribution in [2.45, 2.75) is 26.8 Å². The molecule has 0 fully saturated rings. The Kier molecular flexibility index (Phi) is 6.42. The van der Waals surface area contributed by atoms with E-state index in [9.17, 15) is 5.26 Å². The van der Waals surface area contributed by atoms with Crippen LogP contribution >= 0.6 is 0 Å². The van der Waals surface area contributed by atoms with Crippen LogP contribution in [0.25, 0.3) is 0 Å². The minimum absolute atomic E-state index is 0.208. The Labute approximate surface area is 110 Å². The number of nitriles is 1. The van der Waals surface area contributed by atoms with Crippen LogP contribution in [0.5, 0.6) is 0 Å². The highest BCUT2D eigenvalue weighted by Crippen LogP contribution is 2.13. The highest BCUT2D eigenvalue weighted by Gasteiger charge is 2.09. The van der Waals surface area contributed by atoms with Crippen molar-refractivity contribution in [3.8, 4) is 6.07 Å². The lowest BCUT2D eigenvalue weighted by Gasteiger charge is -2.19. The fourth-order valence-electron chi connectivity index (χ4n) is 1.99. The van der Waals surface area contributed by atoms with E-state index in [0.717, 1.165) is 31.7 Å². The van der Waals surface area contributed by atoms with Crippen LogP contribution in [-0.4, -0.2) is 31.1 Å². The van der Waals surface area contributed by atoms with E-state index in [0.29, 0.717) is 0 Å². The fraction of sp³-hybridized carbons (Fsp3) is 0.533. The molecule has 0 heterocycles. The molecule has 1 aromatic rings. The van der Waals surface area contributed by atoms with Gasteiger partial charge in [0, 0.05) is 13.1 Å². The molecule has 0 aliphatic carbocycles. The van der Waals surface area contributed by atoms with Crippen molar-refractivity contribution in [1.29, 1.82) is 5.26 Å². The lowest BCUT2D eigenvalue weighted by molar-refractivity contribution is 0.300. The minimum Gasteiger partial charge on any atom is -0.303 e. The van der Waals surface area contributed by atoms with Crippen molar-refractivity contribution >= 4 is 0 Å². The Hall–Kier alpha value is -1.37. The van der Waals surface area contributed by atoms with Gasteiger partial charge in [-0.15, -0.1) is 0 Å². The molecular weight excluding hydrogens is 222 g/mol. The molecule has 18 heavy (non-hydrogen) atoms. The van der Waals surface area contributed by atoms with Gasteiger partial charge < -0.3 is 4.90 Å². The van der Waals surface area contributed by atoms with Gasteiger partial charge in [0.2, 0.25) is 0 Å². The van der Waals surface area contributed by atoms with Gasteiger partial charge in [0.25, 0.3) is 0 Å². The van der Waals surface area contributed by atoms with Crippen molar-refractivity contribution in [3.05, 3.63) is 35.4 Å². The maximum Gasteiger partial charge on any atom is 0.121 e. The first kappa shape index (κ1) is 14.7. The molecular formula is C15H23N3. The Morgan fingerprint density at radius 2 is 2.06 bits per heavy atom. The molecule has 0 aliphatic heterocycles. The second kappa shape index (κ2) is 7.86. The van der Waals surface area contributed by atoms with Gasteiger partial charge in [-0.3, -0.25) is 5.32 Å². The SMILES string of the molecule is CCN(CC)CCNC(C#N)c1cccc(C)c1. The zero-order valence-electron chi connectivity index (χ0n) is 11.6. The van der Waals surface area contributed by atoms with Crippen molar-refractivity contribution in [1.82, 2.24) is 10.2 Å². The molecule has 98 valence electrons. The van der Waals surface area contributed by atoms with Gasteiger partial charge in [-0.05, 0) is 25.6 Å². The molecule has 0 amide bonds. The molecule has 0 bridgehead atoms. The normalized spacial score (nSPS) is 12.4. The predicted octanol–water partition coefficient (Wildman–Crippen LogP) is 2.49. The molecule has 1 atom stereocenters. The van der Waals surface area contributed by atoms with E-state index in [1.807, 2.05) is 25.1 Å². The van der Waals surface area contributed by atoms with Crippen LogP contribution in [-0.2, 0) is 0 Å². The van der Waals surface area contributed by atoms with Crippen LogP contribution in [0.2, 0.25) is 0 Å². The smallest absolute Gasteiger partial charge is 0.121 e. The number of hydrogen-bond donors (Lipinski definition) is 1. The maximum absolute atomic E-state index is 9.22. The number of rotatable bonds is 7. The number of benzene rings is 1. The van der Waals surface area contributed by atoms with Crippen LogP contribution in [0, 0.1) is 18.3 Å². The predicted molar refractivity (Wildman–Crippen MR) is 75.3 cm³/mol. The topological polar surface area (TPSA) is 39.1 Å². The number of nitrogens with one attached hydrogen (secondary N) is 1. The maximum atomic E-state index is 9.22. The first-order valence-corrected chi connectivity index (χ1v) is 6.63. The van der Waals surface area contributed by atoms with Crippen LogP contribution in [0.3, 0.4) is 0 Å². The number of nitrogens with zero attached hydrogens (tertiary/aromatic N) is 2. The second-order valence-corrected chi connectivity index (χ2v) is 4.46. The molecule has 3 heteroatoms. The second-order valence-electron chi connectivity index (χ2n) is 4.46. The van der Waals surface area contributed by atoms with E-state index < -0.39 is 0 Å². The standard InChI is InChI=1S/C15H23N3/c1-4-18(5-2)10-9-17-15(12-16)14-8-6-7-13(3)11-14/h6-8,11,15,17H,4-5,9-10H2,1-3H3. The zero-order valence-corrected chi connectivity index (χ0v) is 11.6. The number of hydrogen-bond acceptors (Lipinski definition) is 3. The summed E-state index contributed by atoms with van der Waals surface area (Å²) in [5, 5.41) is 12.5. The first-order chi connectivity index (χ1) is 8.71. The van der Waals surface area contributed by atoms with Gasteiger partial charge in [0.15, 0.2) is 0 Å². The highest BCUT2D eigenvalue weighted by molar-refractivity contribution is 5.28. The average molecular weight is 245 g/mol. The van der Waals surface area contributed by atoms with Gasteiger partial charge >= 0.3 is 0 Å². The summed E-state index contributed by atoms with van der Waals surface area (Å²) >= 11 is 0. The summed E-state index contributed by atoms with van der Waals surface area (Å²) < 4.78 is 0. The Bertz CT molecular complexity index is 391. The summed E-state index contributed by atoms with van der Waals surface area (Å²) in [5.41, 5.74) is 2.25. The van der Waals surface area contributed by atoms with Gasteiger partial charge in [-0.1, -0.05) is 43.7 Å². The Balaban J connectivity index is 2.51. The van der Waals surface area contributed by atoms with E-state index in [1.54, 1.807) is 0 Å². The minimum atomic E-state index is -0.208. The quantitative estimate of drug-likeness (QED) is 0.802. The van der Waals surface area contributed by atoms with Gasteiger partial charge in [0.05, 0.1) is 6.07 Å². The fourth-order valence-corrected chi connectivity index (χ4v) is 1.99. The molecule has 1 N–H and O–H groups in total. The number of aryl methyl sites for hydroxylation is 1. The third-order valence-electron chi connectivity index (χ3n) is 3.18. The summed E-state index contributed by atoms with van der Waals surface area (Å²) in [6, 6.07) is 10.2. The largest absolute Gasteiger partial charge is 0.303 e. The van der Waals surface area contributed by atoms with E-state index in [-0.39, 0.29) is 6.04 Å². The summed E-state index contributed by atoms with van der Waals surface area (Å²) in [7, 11) is 0. The van der Waals surface area contributed by atoms with Gasteiger partial charge in [-0.25, -0.2) is 0 Å². The highest BCUT2D eigenvalue weighted by atomic mass is 15.1. The molecule has 0 saturated heterocycles. The van der Waals surface area contributed by atoms with Crippen LogP contribution in [0.4, 0.5) is 0 Å². The molecule has 0 spiro atoms. The molecule has 1 unspecified atom stereocenters. The van der Waals surface area contributed by atoms with Crippen molar-refractivity contribution in [3.63, 3.8) is 0 Å². The lowest BCUT2D eigenvalue weighted by Crippen LogP contribution is -2.33. The molecule has 0 saturated carbocycles. The zero-order chi connectivity index (χ0) is 13.4. The molecule has 0 aromatic heterocycles. The molecule has 1 rings (SSSR count). The third kappa shape index (κ3) is 4.48.